The summed E-state index contributed by atoms with van der Waals surface area (Å²) in [6.45, 7) is 1.61. The van der Waals surface area contributed by atoms with Crippen LogP contribution in [-0.2, 0) is 4.79 Å². The van der Waals surface area contributed by atoms with Gasteiger partial charge in [0.15, 0.2) is 11.0 Å². The van der Waals surface area contributed by atoms with Crippen molar-refractivity contribution >= 4 is 17.7 Å². The van der Waals surface area contributed by atoms with E-state index < -0.39 is 11.2 Å². The first-order valence-corrected chi connectivity index (χ1v) is 8.14. The van der Waals surface area contributed by atoms with Crippen LogP contribution in [0.4, 0.5) is 0 Å². The highest BCUT2D eigenvalue weighted by Crippen LogP contribution is 2.30. The number of nitrogens with zero attached hydrogens (tertiary/aromatic N) is 3. The molecule has 2 N–H and O–H groups in total. The first kappa shape index (κ1) is 16.1. The lowest BCUT2D eigenvalue weighted by atomic mass is 10.2. The molecular weight excluding hydrogens is 326 g/mol. The van der Waals surface area contributed by atoms with E-state index in [1.807, 2.05) is 34.9 Å². The molecule has 0 amide bonds. The van der Waals surface area contributed by atoms with Crippen molar-refractivity contribution in [1.82, 2.24) is 14.8 Å². The molecule has 1 atom stereocenters. The molecule has 1 aromatic heterocycles. The summed E-state index contributed by atoms with van der Waals surface area (Å²) in [7, 11) is 0. The maximum Gasteiger partial charge on any atom is 0.316 e. The van der Waals surface area contributed by atoms with Crippen molar-refractivity contribution in [3.05, 3.63) is 54.6 Å². The van der Waals surface area contributed by atoms with Crippen molar-refractivity contribution in [2.75, 3.05) is 0 Å². The number of aromatic nitrogens is 3. The number of thioether (sulfide) groups is 1. The molecule has 6 nitrogen and oxygen atoms in total. The van der Waals surface area contributed by atoms with E-state index in [-0.39, 0.29) is 5.75 Å². The predicted molar refractivity (Wildman–Crippen MR) is 91.4 cm³/mol. The molecule has 0 fully saturated rings. The molecule has 0 radical (unpaired) electrons. The van der Waals surface area contributed by atoms with Gasteiger partial charge in [-0.2, -0.15) is 0 Å². The SMILES string of the molecule is C[C@@H](Sc1nnc(-c2ccc(O)cc2)n1-c1ccccc1)C(=O)O. The topological polar surface area (TPSA) is 88.2 Å². The fraction of sp³-hybridized carbons (Fsp3) is 0.118. The average Bonchev–Trinajstić information content (AvgIpc) is 2.99. The van der Waals surface area contributed by atoms with Crippen LogP contribution in [0.1, 0.15) is 6.92 Å². The van der Waals surface area contributed by atoms with Gasteiger partial charge < -0.3 is 10.2 Å². The van der Waals surface area contributed by atoms with Crippen LogP contribution >= 0.6 is 11.8 Å². The average molecular weight is 341 g/mol. The second kappa shape index (κ2) is 6.76. The lowest BCUT2D eigenvalue weighted by molar-refractivity contribution is -0.136. The molecule has 1 heterocycles. The summed E-state index contributed by atoms with van der Waals surface area (Å²) in [6.07, 6.45) is 0. The van der Waals surface area contributed by atoms with Crippen LogP contribution in [0.25, 0.3) is 17.1 Å². The van der Waals surface area contributed by atoms with Crippen molar-refractivity contribution < 1.29 is 15.0 Å². The molecule has 0 saturated heterocycles. The highest BCUT2D eigenvalue weighted by Gasteiger charge is 2.21. The third-order valence-corrected chi connectivity index (χ3v) is 4.43. The maximum absolute atomic E-state index is 11.2. The third kappa shape index (κ3) is 3.26. The zero-order chi connectivity index (χ0) is 17.1. The molecule has 0 saturated carbocycles. The Labute approximate surface area is 142 Å². The van der Waals surface area contributed by atoms with E-state index in [4.69, 9.17) is 5.11 Å². The number of hydrogen-bond donors (Lipinski definition) is 2. The number of rotatable bonds is 5. The third-order valence-electron chi connectivity index (χ3n) is 3.40. The zero-order valence-electron chi connectivity index (χ0n) is 12.8. The molecule has 122 valence electrons. The lowest BCUT2D eigenvalue weighted by Crippen LogP contribution is -2.12. The summed E-state index contributed by atoms with van der Waals surface area (Å²) >= 11 is 1.13. The molecule has 0 aliphatic carbocycles. The predicted octanol–water partition coefficient (Wildman–Crippen LogP) is 3.21. The van der Waals surface area contributed by atoms with Crippen LogP contribution in [0.2, 0.25) is 0 Å². The Balaban J connectivity index is 2.11. The van der Waals surface area contributed by atoms with Gasteiger partial charge >= 0.3 is 5.97 Å². The van der Waals surface area contributed by atoms with Gasteiger partial charge in [0, 0.05) is 11.3 Å². The number of phenolic OH excluding ortho intramolecular Hbond substituents is 1. The standard InChI is InChI=1S/C17H15N3O3S/c1-11(16(22)23)24-17-19-18-15(12-7-9-14(21)10-8-12)20(17)13-5-3-2-4-6-13/h2-11,21H,1H3,(H,22,23)/t11-/m1/s1. The number of phenols is 1. The molecule has 0 unspecified atom stereocenters. The summed E-state index contributed by atoms with van der Waals surface area (Å²) in [4.78, 5) is 11.2. The van der Waals surface area contributed by atoms with Crippen molar-refractivity contribution in [3.63, 3.8) is 0 Å². The van der Waals surface area contributed by atoms with Gasteiger partial charge in [0.25, 0.3) is 0 Å². The highest BCUT2D eigenvalue weighted by molar-refractivity contribution is 8.00. The van der Waals surface area contributed by atoms with Gasteiger partial charge in [0.1, 0.15) is 11.0 Å². The smallest absolute Gasteiger partial charge is 0.316 e. The van der Waals surface area contributed by atoms with E-state index in [0.717, 1.165) is 23.0 Å². The number of aromatic hydroxyl groups is 1. The number of hydrogen-bond acceptors (Lipinski definition) is 5. The highest BCUT2D eigenvalue weighted by atomic mass is 32.2. The minimum Gasteiger partial charge on any atom is -0.508 e. The number of carboxylic acid groups (broad SMARTS) is 1. The minimum atomic E-state index is -0.909. The fourth-order valence-corrected chi connectivity index (χ4v) is 2.96. The second-order valence-electron chi connectivity index (χ2n) is 5.12. The molecule has 0 spiro atoms. The number of aliphatic carboxylic acids is 1. The lowest BCUT2D eigenvalue weighted by Gasteiger charge is -2.11. The first-order valence-electron chi connectivity index (χ1n) is 7.26. The Morgan fingerprint density at radius 3 is 2.38 bits per heavy atom. The Kier molecular flexibility index (Phi) is 4.52. The number of para-hydroxylation sites is 1. The molecule has 3 rings (SSSR count). The van der Waals surface area contributed by atoms with Gasteiger partial charge in [-0.05, 0) is 43.3 Å². The van der Waals surface area contributed by atoms with E-state index >= 15 is 0 Å². The Bertz CT molecular complexity index is 847. The van der Waals surface area contributed by atoms with E-state index in [1.54, 1.807) is 31.2 Å². The number of carbonyl (C=O) groups is 1. The van der Waals surface area contributed by atoms with Crippen LogP contribution in [0.5, 0.6) is 5.75 Å². The van der Waals surface area contributed by atoms with Crippen LogP contribution in [0.3, 0.4) is 0 Å². The molecular formula is C17H15N3O3S. The summed E-state index contributed by atoms with van der Waals surface area (Å²) in [5.41, 5.74) is 1.62. The van der Waals surface area contributed by atoms with Crippen molar-refractivity contribution in [2.24, 2.45) is 0 Å². The van der Waals surface area contributed by atoms with E-state index in [2.05, 4.69) is 10.2 Å². The molecule has 7 heteroatoms. The van der Waals surface area contributed by atoms with Crippen LogP contribution in [-0.4, -0.2) is 36.2 Å². The van der Waals surface area contributed by atoms with E-state index in [9.17, 15) is 9.90 Å². The van der Waals surface area contributed by atoms with Gasteiger partial charge in [-0.15, -0.1) is 10.2 Å². The molecule has 0 bridgehead atoms. The molecule has 0 aliphatic heterocycles. The quantitative estimate of drug-likeness (QED) is 0.693. The van der Waals surface area contributed by atoms with Crippen molar-refractivity contribution in [2.45, 2.75) is 17.3 Å². The zero-order valence-corrected chi connectivity index (χ0v) is 13.6. The fourth-order valence-electron chi connectivity index (χ4n) is 2.16. The van der Waals surface area contributed by atoms with E-state index in [0.29, 0.717) is 11.0 Å². The van der Waals surface area contributed by atoms with Crippen LogP contribution < -0.4 is 0 Å². The molecule has 2 aromatic carbocycles. The summed E-state index contributed by atoms with van der Waals surface area (Å²) in [6, 6.07) is 16.1. The molecule has 24 heavy (non-hydrogen) atoms. The number of carboxylic acids is 1. The first-order chi connectivity index (χ1) is 11.6. The largest absolute Gasteiger partial charge is 0.508 e. The minimum absolute atomic E-state index is 0.165. The summed E-state index contributed by atoms with van der Waals surface area (Å²) in [5, 5.41) is 26.9. The number of benzene rings is 2. The van der Waals surface area contributed by atoms with Gasteiger partial charge in [0.05, 0.1) is 0 Å². The Morgan fingerprint density at radius 1 is 1.08 bits per heavy atom. The molecule has 0 aliphatic rings. The Hall–Kier alpha value is -2.80. The molecule has 3 aromatic rings. The summed E-state index contributed by atoms with van der Waals surface area (Å²) < 4.78 is 1.82. The van der Waals surface area contributed by atoms with Crippen LogP contribution in [0.15, 0.2) is 59.8 Å². The van der Waals surface area contributed by atoms with Crippen LogP contribution in [0, 0.1) is 0 Å². The van der Waals surface area contributed by atoms with Crippen molar-refractivity contribution in [3.8, 4) is 22.8 Å². The van der Waals surface area contributed by atoms with Gasteiger partial charge in [0.2, 0.25) is 0 Å². The van der Waals surface area contributed by atoms with Gasteiger partial charge in [-0.25, -0.2) is 0 Å². The Morgan fingerprint density at radius 2 is 1.75 bits per heavy atom. The van der Waals surface area contributed by atoms with E-state index in [1.165, 1.54) is 0 Å². The monoisotopic (exact) mass is 341 g/mol. The normalized spacial score (nSPS) is 12.0. The van der Waals surface area contributed by atoms with Gasteiger partial charge in [-0.3, -0.25) is 9.36 Å². The van der Waals surface area contributed by atoms with Gasteiger partial charge in [-0.1, -0.05) is 30.0 Å². The summed E-state index contributed by atoms with van der Waals surface area (Å²) in [5.74, 6) is -0.159. The maximum atomic E-state index is 11.2. The van der Waals surface area contributed by atoms with Crippen molar-refractivity contribution in [1.29, 1.82) is 0 Å². The second-order valence-corrected chi connectivity index (χ2v) is 6.43.